The van der Waals surface area contributed by atoms with Crippen LogP contribution >= 0.6 is 0 Å². The Morgan fingerprint density at radius 3 is 2.91 bits per heavy atom. The number of aromatic nitrogens is 3. The van der Waals surface area contributed by atoms with E-state index in [1.54, 1.807) is 29.2 Å². The van der Waals surface area contributed by atoms with Crippen molar-refractivity contribution < 1.29 is 13.9 Å². The molecular weight excluding hydrogens is 299 g/mol. The molecule has 0 radical (unpaired) electrons. The summed E-state index contributed by atoms with van der Waals surface area (Å²) in [6, 6.07) is 6.00. The maximum atomic E-state index is 12.9. The third-order valence-corrected chi connectivity index (χ3v) is 3.98. The summed E-state index contributed by atoms with van der Waals surface area (Å²) in [4.78, 5) is 14.2. The van der Waals surface area contributed by atoms with Crippen molar-refractivity contribution in [3.05, 3.63) is 42.5 Å². The van der Waals surface area contributed by atoms with Gasteiger partial charge in [-0.2, -0.15) is 0 Å². The first kappa shape index (κ1) is 15.5. The third kappa shape index (κ3) is 4.06. The fourth-order valence-corrected chi connectivity index (χ4v) is 2.77. The fourth-order valence-electron chi connectivity index (χ4n) is 2.77. The molecule has 1 aliphatic heterocycles. The van der Waals surface area contributed by atoms with E-state index >= 15 is 0 Å². The van der Waals surface area contributed by atoms with Crippen molar-refractivity contribution >= 4 is 5.91 Å². The molecule has 2 heterocycles. The van der Waals surface area contributed by atoms with E-state index in [0.717, 1.165) is 19.4 Å². The van der Waals surface area contributed by atoms with E-state index < -0.39 is 0 Å². The summed E-state index contributed by atoms with van der Waals surface area (Å²) in [5.74, 6) is 0.433. The monoisotopic (exact) mass is 318 g/mol. The molecule has 1 fully saturated rings. The molecule has 1 saturated heterocycles. The number of aryl methyl sites for hydroxylation is 1. The first-order valence-electron chi connectivity index (χ1n) is 7.74. The van der Waals surface area contributed by atoms with Gasteiger partial charge in [-0.05, 0) is 37.1 Å². The van der Waals surface area contributed by atoms with E-state index in [4.69, 9.17) is 4.74 Å². The van der Waals surface area contributed by atoms with Gasteiger partial charge in [0.1, 0.15) is 18.2 Å². The molecule has 1 amide bonds. The van der Waals surface area contributed by atoms with Crippen LogP contribution in [0.2, 0.25) is 0 Å². The Bertz CT molecular complexity index is 630. The van der Waals surface area contributed by atoms with Crippen LogP contribution in [-0.2, 0) is 11.3 Å². The highest BCUT2D eigenvalue weighted by Crippen LogP contribution is 2.20. The molecule has 6 nitrogen and oxygen atoms in total. The Labute approximate surface area is 133 Å². The molecule has 1 aromatic carbocycles. The highest BCUT2D eigenvalue weighted by Gasteiger charge is 2.28. The quantitative estimate of drug-likeness (QED) is 0.816. The minimum Gasteiger partial charge on any atom is -0.491 e. The number of carbonyl (C=O) groups is 1. The van der Waals surface area contributed by atoms with E-state index in [9.17, 15) is 9.18 Å². The Kier molecular flexibility index (Phi) is 4.85. The van der Waals surface area contributed by atoms with E-state index in [1.165, 1.54) is 12.1 Å². The van der Waals surface area contributed by atoms with Crippen LogP contribution in [0.15, 0.2) is 36.7 Å². The van der Waals surface area contributed by atoms with Crippen LogP contribution < -0.4 is 4.74 Å². The molecule has 0 bridgehead atoms. The number of hydrogen-bond acceptors (Lipinski definition) is 4. The molecular formula is C16H19FN4O2. The van der Waals surface area contributed by atoms with Crippen LogP contribution in [0, 0.1) is 5.82 Å². The van der Waals surface area contributed by atoms with Gasteiger partial charge in [0, 0.05) is 19.2 Å². The number of rotatable bonds is 6. The highest BCUT2D eigenvalue weighted by molar-refractivity contribution is 5.76. The van der Waals surface area contributed by atoms with Gasteiger partial charge in [-0.15, -0.1) is 5.10 Å². The van der Waals surface area contributed by atoms with Crippen LogP contribution in [0.4, 0.5) is 4.39 Å². The largest absolute Gasteiger partial charge is 0.491 e. The van der Waals surface area contributed by atoms with Gasteiger partial charge in [-0.1, -0.05) is 5.21 Å². The lowest BCUT2D eigenvalue weighted by molar-refractivity contribution is -0.132. The summed E-state index contributed by atoms with van der Waals surface area (Å²) < 4.78 is 20.2. The highest BCUT2D eigenvalue weighted by atomic mass is 19.1. The average molecular weight is 318 g/mol. The van der Waals surface area contributed by atoms with Crippen molar-refractivity contribution in [2.45, 2.75) is 31.8 Å². The molecule has 0 aliphatic carbocycles. The maximum absolute atomic E-state index is 12.9. The number of halogens is 1. The lowest BCUT2D eigenvalue weighted by atomic mass is 10.2. The molecule has 0 N–H and O–H groups in total. The SMILES string of the molecule is O=C(CCn1ccnn1)N1CCC[C@H]1COc1ccc(F)cc1. The first-order chi connectivity index (χ1) is 11.2. The molecule has 122 valence electrons. The number of amides is 1. The lowest BCUT2D eigenvalue weighted by Gasteiger charge is -2.25. The second-order valence-electron chi connectivity index (χ2n) is 5.56. The number of hydrogen-bond donors (Lipinski definition) is 0. The topological polar surface area (TPSA) is 60.2 Å². The van der Waals surface area contributed by atoms with Gasteiger partial charge < -0.3 is 9.64 Å². The number of carbonyl (C=O) groups excluding carboxylic acids is 1. The van der Waals surface area contributed by atoms with Crippen molar-refractivity contribution in [3.8, 4) is 5.75 Å². The summed E-state index contributed by atoms with van der Waals surface area (Å²) in [5, 5.41) is 7.58. The molecule has 3 rings (SSSR count). The zero-order chi connectivity index (χ0) is 16.1. The lowest BCUT2D eigenvalue weighted by Crippen LogP contribution is -2.39. The van der Waals surface area contributed by atoms with Crippen molar-refractivity contribution in [1.29, 1.82) is 0 Å². The van der Waals surface area contributed by atoms with Crippen LogP contribution in [0.1, 0.15) is 19.3 Å². The molecule has 0 saturated carbocycles. The van der Waals surface area contributed by atoms with Gasteiger partial charge in [-0.3, -0.25) is 9.48 Å². The summed E-state index contributed by atoms with van der Waals surface area (Å²) in [6.07, 6.45) is 5.64. The number of nitrogens with zero attached hydrogens (tertiary/aromatic N) is 4. The molecule has 1 aliphatic rings. The second kappa shape index (κ2) is 7.21. The summed E-state index contributed by atoms with van der Waals surface area (Å²) in [5.41, 5.74) is 0. The van der Waals surface area contributed by atoms with Crippen molar-refractivity contribution in [1.82, 2.24) is 19.9 Å². The van der Waals surface area contributed by atoms with Crippen LogP contribution in [0.3, 0.4) is 0 Å². The summed E-state index contributed by atoms with van der Waals surface area (Å²) >= 11 is 0. The minimum absolute atomic E-state index is 0.0725. The zero-order valence-corrected chi connectivity index (χ0v) is 12.8. The Morgan fingerprint density at radius 2 is 2.17 bits per heavy atom. The Morgan fingerprint density at radius 1 is 1.35 bits per heavy atom. The summed E-state index contributed by atoms with van der Waals surface area (Å²) in [7, 11) is 0. The normalized spacial score (nSPS) is 17.4. The first-order valence-corrected chi connectivity index (χ1v) is 7.74. The smallest absolute Gasteiger partial charge is 0.224 e. The standard InChI is InChI=1S/C16H19FN4O2/c17-13-3-5-15(6-4-13)23-12-14-2-1-9-21(14)16(22)7-10-20-11-8-18-19-20/h3-6,8,11,14H,1-2,7,9-10,12H2/t14-/m0/s1. The average Bonchev–Trinajstić information content (AvgIpc) is 3.23. The summed E-state index contributed by atoms with van der Waals surface area (Å²) in [6.45, 7) is 1.72. The second-order valence-corrected chi connectivity index (χ2v) is 5.56. The molecule has 23 heavy (non-hydrogen) atoms. The number of ether oxygens (including phenoxy) is 1. The van der Waals surface area contributed by atoms with Gasteiger partial charge in [0.2, 0.25) is 5.91 Å². The predicted octanol–water partition coefficient (Wildman–Crippen LogP) is 1.88. The Hall–Kier alpha value is -2.44. The molecule has 1 aromatic heterocycles. The van der Waals surface area contributed by atoms with Gasteiger partial charge >= 0.3 is 0 Å². The van der Waals surface area contributed by atoms with E-state index in [2.05, 4.69) is 10.3 Å². The van der Waals surface area contributed by atoms with Gasteiger partial charge in [-0.25, -0.2) is 4.39 Å². The van der Waals surface area contributed by atoms with E-state index in [1.807, 2.05) is 4.90 Å². The third-order valence-electron chi connectivity index (χ3n) is 3.98. The molecule has 2 aromatic rings. The van der Waals surface area contributed by atoms with Gasteiger partial charge in [0.15, 0.2) is 0 Å². The van der Waals surface area contributed by atoms with Crippen LogP contribution in [-0.4, -0.2) is 45.0 Å². The molecule has 0 unspecified atom stereocenters. The minimum atomic E-state index is -0.289. The van der Waals surface area contributed by atoms with Crippen molar-refractivity contribution in [2.75, 3.05) is 13.2 Å². The van der Waals surface area contributed by atoms with Gasteiger partial charge in [0.05, 0.1) is 18.8 Å². The van der Waals surface area contributed by atoms with Crippen molar-refractivity contribution in [2.24, 2.45) is 0 Å². The van der Waals surface area contributed by atoms with Gasteiger partial charge in [0.25, 0.3) is 0 Å². The number of benzene rings is 1. The fraction of sp³-hybridized carbons (Fsp3) is 0.438. The molecule has 1 atom stereocenters. The number of likely N-dealkylation sites (tertiary alicyclic amines) is 1. The Balaban J connectivity index is 1.50. The van der Waals surface area contributed by atoms with Crippen molar-refractivity contribution in [3.63, 3.8) is 0 Å². The van der Waals surface area contributed by atoms with E-state index in [0.29, 0.717) is 25.3 Å². The zero-order valence-electron chi connectivity index (χ0n) is 12.8. The van der Waals surface area contributed by atoms with E-state index in [-0.39, 0.29) is 17.8 Å². The molecule has 0 spiro atoms. The van der Waals surface area contributed by atoms with Crippen LogP contribution in [0.25, 0.3) is 0 Å². The van der Waals surface area contributed by atoms with Crippen LogP contribution in [0.5, 0.6) is 5.75 Å². The maximum Gasteiger partial charge on any atom is 0.224 e. The molecule has 7 heteroatoms. The predicted molar refractivity (Wildman–Crippen MR) is 81.3 cm³/mol.